The monoisotopic (exact) mass is 441 g/mol. The molecular formula is C21H43N7O3. The maximum atomic E-state index is 11.6. The van der Waals surface area contributed by atoms with Gasteiger partial charge in [-0.05, 0) is 18.4 Å². The topological polar surface area (TPSA) is 114 Å². The van der Waals surface area contributed by atoms with Gasteiger partial charge in [-0.3, -0.25) is 29.1 Å². The van der Waals surface area contributed by atoms with Crippen LogP contribution in [0.3, 0.4) is 0 Å². The lowest BCUT2D eigenvalue weighted by atomic mass is 9.87. The minimum Gasteiger partial charge on any atom is -0.369 e. The Morgan fingerprint density at radius 3 is 2.03 bits per heavy atom. The Morgan fingerprint density at radius 2 is 1.48 bits per heavy atom. The number of carbonyl (C=O) groups is 3. The number of likely N-dealkylation sites (N-methyl/N-ethyl adjacent to an activating group) is 1. The molecule has 10 heteroatoms. The van der Waals surface area contributed by atoms with Gasteiger partial charge >= 0.3 is 0 Å². The van der Waals surface area contributed by atoms with Gasteiger partial charge in [0.2, 0.25) is 18.7 Å². The van der Waals surface area contributed by atoms with Crippen LogP contribution in [0.1, 0.15) is 34.1 Å². The Bertz CT molecular complexity index is 542. The summed E-state index contributed by atoms with van der Waals surface area (Å²) in [6, 6.07) is 0.261. The highest BCUT2D eigenvalue weighted by Crippen LogP contribution is 2.24. The molecule has 180 valence electrons. The number of carbonyl (C=O) groups excluding carboxylic acids is 3. The van der Waals surface area contributed by atoms with E-state index in [1.54, 1.807) is 0 Å². The lowest BCUT2D eigenvalue weighted by Gasteiger charge is -2.40. The van der Waals surface area contributed by atoms with Crippen molar-refractivity contribution in [2.75, 3.05) is 72.2 Å². The van der Waals surface area contributed by atoms with Gasteiger partial charge in [0.15, 0.2) is 0 Å². The van der Waals surface area contributed by atoms with Crippen LogP contribution in [0.2, 0.25) is 0 Å². The molecule has 0 saturated carbocycles. The SMILES string of the molecule is CCN1CCN(CC(N)=O)CCN(CNC=O)CCN(CNC=O)C(CC(C)(C)C)C1. The van der Waals surface area contributed by atoms with E-state index in [0.717, 1.165) is 52.1 Å². The fourth-order valence-electron chi connectivity index (χ4n) is 4.00. The van der Waals surface area contributed by atoms with Crippen molar-refractivity contribution in [3.8, 4) is 0 Å². The predicted molar refractivity (Wildman–Crippen MR) is 122 cm³/mol. The van der Waals surface area contributed by atoms with E-state index in [-0.39, 0.29) is 23.9 Å². The first-order valence-corrected chi connectivity index (χ1v) is 11.2. The summed E-state index contributed by atoms with van der Waals surface area (Å²) in [4.78, 5) is 42.4. The van der Waals surface area contributed by atoms with E-state index < -0.39 is 0 Å². The summed E-state index contributed by atoms with van der Waals surface area (Å²) in [5.41, 5.74) is 5.61. The molecule has 10 nitrogen and oxygen atoms in total. The van der Waals surface area contributed by atoms with Gasteiger partial charge in [-0.25, -0.2) is 0 Å². The molecule has 1 heterocycles. The maximum absolute atomic E-state index is 11.6. The van der Waals surface area contributed by atoms with Crippen molar-refractivity contribution in [2.24, 2.45) is 11.1 Å². The largest absolute Gasteiger partial charge is 0.369 e. The predicted octanol–water partition coefficient (Wildman–Crippen LogP) is -1.07. The number of amides is 3. The van der Waals surface area contributed by atoms with Crippen molar-refractivity contribution in [3.63, 3.8) is 0 Å². The van der Waals surface area contributed by atoms with Gasteiger partial charge in [0.05, 0.1) is 19.9 Å². The maximum Gasteiger partial charge on any atom is 0.231 e. The van der Waals surface area contributed by atoms with Gasteiger partial charge < -0.3 is 21.3 Å². The zero-order chi connectivity index (χ0) is 23.3. The molecular weight excluding hydrogens is 398 g/mol. The summed E-state index contributed by atoms with van der Waals surface area (Å²) in [5.74, 6) is -0.329. The summed E-state index contributed by atoms with van der Waals surface area (Å²) in [7, 11) is 0. The van der Waals surface area contributed by atoms with Gasteiger partial charge in [-0.1, -0.05) is 27.7 Å². The number of rotatable bonds is 10. The Labute approximate surface area is 187 Å². The third-order valence-electron chi connectivity index (χ3n) is 5.60. The minimum atomic E-state index is -0.329. The van der Waals surface area contributed by atoms with Crippen LogP contribution in [0.4, 0.5) is 0 Å². The summed E-state index contributed by atoms with van der Waals surface area (Å²) in [5, 5.41) is 5.59. The molecule has 0 aliphatic carbocycles. The van der Waals surface area contributed by atoms with Crippen LogP contribution in [0.5, 0.6) is 0 Å². The molecule has 1 unspecified atom stereocenters. The van der Waals surface area contributed by atoms with Crippen molar-refractivity contribution >= 4 is 18.7 Å². The third kappa shape index (κ3) is 12.0. The Balaban J connectivity index is 3.10. The molecule has 3 amide bonds. The Hall–Kier alpha value is -1.75. The lowest BCUT2D eigenvalue weighted by Crippen LogP contribution is -2.54. The van der Waals surface area contributed by atoms with E-state index in [1.807, 2.05) is 0 Å². The minimum absolute atomic E-state index is 0.136. The number of hydrogen-bond donors (Lipinski definition) is 3. The quantitative estimate of drug-likeness (QED) is 0.370. The van der Waals surface area contributed by atoms with Gasteiger partial charge in [0, 0.05) is 51.9 Å². The van der Waals surface area contributed by atoms with Crippen molar-refractivity contribution in [1.82, 2.24) is 30.2 Å². The van der Waals surface area contributed by atoms with Crippen LogP contribution in [0.15, 0.2) is 0 Å². The van der Waals surface area contributed by atoms with Crippen LogP contribution < -0.4 is 16.4 Å². The first-order valence-electron chi connectivity index (χ1n) is 11.2. The van der Waals surface area contributed by atoms with E-state index in [2.05, 4.69) is 57.9 Å². The third-order valence-corrected chi connectivity index (χ3v) is 5.60. The molecule has 1 aliphatic heterocycles. The molecule has 1 saturated heterocycles. The second kappa shape index (κ2) is 14.3. The Kier molecular flexibility index (Phi) is 12.6. The van der Waals surface area contributed by atoms with Crippen molar-refractivity contribution in [2.45, 2.75) is 40.2 Å². The number of nitrogens with one attached hydrogen (secondary N) is 2. The molecule has 4 N–H and O–H groups in total. The fraction of sp³-hybridized carbons (Fsp3) is 0.857. The van der Waals surface area contributed by atoms with Crippen LogP contribution in [-0.4, -0.2) is 117 Å². The number of nitrogens with zero attached hydrogens (tertiary/aromatic N) is 4. The second-order valence-corrected chi connectivity index (χ2v) is 9.44. The summed E-state index contributed by atoms with van der Waals surface area (Å²) >= 11 is 0. The first-order chi connectivity index (χ1) is 14.7. The summed E-state index contributed by atoms with van der Waals surface area (Å²) in [6.45, 7) is 16.3. The highest BCUT2D eigenvalue weighted by molar-refractivity contribution is 5.75. The van der Waals surface area contributed by atoms with Gasteiger partial charge in [0.1, 0.15) is 0 Å². The second-order valence-electron chi connectivity index (χ2n) is 9.44. The summed E-state index contributed by atoms with van der Waals surface area (Å²) in [6.07, 6.45) is 2.43. The fourth-order valence-corrected chi connectivity index (χ4v) is 4.00. The highest BCUT2D eigenvalue weighted by Gasteiger charge is 2.27. The van der Waals surface area contributed by atoms with Crippen molar-refractivity contribution < 1.29 is 14.4 Å². The van der Waals surface area contributed by atoms with E-state index >= 15 is 0 Å². The van der Waals surface area contributed by atoms with Crippen molar-refractivity contribution in [1.29, 1.82) is 0 Å². The number of primary amides is 1. The molecule has 0 spiro atoms. The molecule has 0 aromatic rings. The highest BCUT2D eigenvalue weighted by atomic mass is 16.1. The van der Waals surface area contributed by atoms with Crippen LogP contribution in [-0.2, 0) is 14.4 Å². The molecule has 0 bridgehead atoms. The molecule has 1 rings (SSSR count). The molecule has 0 aromatic carbocycles. The zero-order valence-electron chi connectivity index (χ0n) is 19.8. The van der Waals surface area contributed by atoms with Gasteiger partial charge in [-0.2, -0.15) is 0 Å². The average molecular weight is 442 g/mol. The zero-order valence-corrected chi connectivity index (χ0v) is 19.8. The van der Waals surface area contributed by atoms with Gasteiger partial charge in [0.25, 0.3) is 0 Å². The van der Waals surface area contributed by atoms with E-state index in [4.69, 9.17) is 5.73 Å². The molecule has 1 aliphatic rings. The Morgan fingerprint density at radius 1 is 0.935 bits per heavy atom. The average Bonchev–Trinajstić information content (AvgIpc) is 2.68. The van der Waals surface area contributed by atoms with E-state index in [0.29, 0.717) is 32.8 Å². The van der Waals surface area contributed by atoms with Gasteiger partial charge in [-0.15, -0.1) is 0 Å². The number of hydrogen-bond acceptors (Lipinski definition) is 7. The van der Waals surface area contributed by atoms with Crippen molar-refractivity contribution in [3.05, 3.63) is 0 Å². The van der Waals surface area contributed by atoms with Crippen LogP contribution in [0.25, 0.3) is 0 Å². The standard InChI is InChI=1S/C21H43N7O3/c1-5-25-6-7-26(14-20(22)31)8-9-27(15-23-17-29)10-11-28(16-24-18-30)19(13-25)12-21(2,3)4/h17-19H,5-16H2,1-4H3,(H2,22,31)(H,23,29)(H,24,30). The molecule has 0 aromatic heterocycles. The molecule has 31 heavy (non-hydrogen) atoms. The normalized spacial score (nSPS) is 21.6. The molecule has 1 atom stereocenters. The smallest absolute Gasteiger partial charge is 0.231 e. The van der Waals surface area contributed by atoms with Crippen LogP contribution in [0, 0.1) is 5.41 Å². The first kappa shape index (κ1) is 27.3. The molecule has 1 fully saturated rings. The molecule has 0 radical (unpaired) electrons. The number of nitrogens with two attached hydrogens (primary N) is 1. The van der Waals surface area contributed by atoms with Crippen LogP contribution >= 0.6 is 0 Å². The lowest BCUT2D eigenvalue weighted by molar-refractivity contribution is -0.119. The summed E-state index contributed by atoms with van der Waals surface area (Å²) < 4.78 is 0. The van der Waals surface area contributed by atoms with E-state index in [1.165, 1.54) is 0 Å². The van der Waals surface area contributed by atoms with E-state index in [9.17, 15) is 14.4 Å².